The molecule has 0 bridgehead atoms. The second kappa shape index (κ2) is 5.17. The molecule has 1 aromatic carbocycles. The lowest BCUT2D eigenvalue weighted by Gasteiger charge is -2.14. The maximum Gasteiger partial charge on any atom is 0.0399 e. The Morgan fingerprint density at radius 1 is 1.20 bits per heavy atom. The van der Waals surface area contributed by atoms with Gasteiger partial charge in [0.1, 0.15) is 0 Å². The molecule has 0 aliphatic rings. The maximum atomic E-state index is 5.72. The molecule has 0 saturated carbocycles. The Morgan fingerprint density at radius 2 is 1.73 bits per heavy atom. The molecule has 15 heavy (non-hydrogen) atoms. The fraction of sp³-hybridized carbons (Fsp3) is 0.538. The Morgan fingerprint density at radius 3 is 2.20 bits per heavy atom. The number of hydrogen-bond donors (Lipinski definition) is 2. The van der Waals surface area contributed by atoms with Crippen molar-refractivity contribution in [3.05, 3.63) is 28.8 Å². The highest BCUT2D eigenvalue weighted by molar-refractivity contribution is 5.58. The first-order valence-electron chi connectivity index (χ1n) is 5.58. The quantitative estimate of drug-likeness (QED) is 0.795. The van der Waals surface area contributed by atoms with Crippen LogP contribution in [0.4, 0.5) is 5.69 Å². The number of anilines is 1. The number of hydrogen-bond acceptors (Lipinski definition) is 2. The van der Waals surface area contributed by atoms with E-state index in [1.54, 1.807) is 0 Å². The zero-order chi connectivity index (χ0) is 11.4. The Labute approximate surface area is 92.9 Å². The van der Waals surface area contributed by atoms with Gasteiger partial charge in [-0.2, -0.15) is 0 Å². The van der Waals surface area contributed by atoms with E-state index in [1.165, 1.54) is 22.4 Å². The molecule has 0 spiro atoms. The van der Waals surface area contributed by atoms with Crippen LogP contribution in [0, 0.1) is 20.8 Å². The van der Waals surface area contributed by atoms with Crippen LogP contribution in [-0.4, -0.2) is 12.6 Å². The first-order chi connectivity index (χ1) is 7.00. The molecule has 2 heteroatoms. The van der Waals surface area contributed by atoms with E-state index in [-0.39, 0.29) is 6.04 Å². The smallest absolute Gasteiger partial charge is 0.0399 e. The molecule has 3 N–H and O–H groups in total. The van der Waals surface area contributed by atoms with Crippen LogP contribution in [0.3, 0.4) is 0 Å². The zero-order valence-corrected chi connectivity index (χ0v) is 10.2. The molecule has 84 valence electrons. The summed E-state index contributed by atoms with van der Waals surface area (Å²) >= 11 is 0. The lowest BCUT2D eigenvalue weighted by Crippen LogP contribution is -2.19. The SMILES string of the molecule is Cc1cc(C)c(NCCC(C)N)c(C)c1. The molecule has 0 aliphatic heterocycles. The minimum absolute atomic E-state index is 0.267. The molecule has 1 atom stereocenters. The van der Waals surface area contributed by atoms with Gasteiger partial charge < -0.3 is 11.1 Å². The van der Waals surface area contributed by atoms with E-state index in [9.17, 15) is 0 Å². The van der Waals surface area contributed by atoms with E-state index < -0.39 is 0 Å². The molecule has 0 aliphatic carbocycles. The fourth-order valence-corrected chi connectivity index (χ4v) is 1.88. The van der Waals surface area contributed by atoms with Gasteiger partial charge in [0.25, 0.3) is 0 Å². The number of aryl methyl sites for hydroxylation is 3. The molecule has 1 rings (SSSR count). The van der Waals surface area contributed by atoms with Gasteiger partial charge in [-0.1, -0.05) is 17.7 Å². The lowest BCUT2D eigenvalue weighted by atomic mass is 10.0. The third kappa shape index (κ3) is 3.56. The van der Waals surface area contributed by atoms with Gasteiger partial charge in [-0.05, 0) is 45.2 Å². The highest BCUT2D eigenvalue weighted by Gasteiger charge is 2.03. The van der Waals surface area contributed by atoms with Gasteiger partial charge in [0.2, 0.25) is 0 Å². The van der Waals surface area contributed by atoms with Gasteiger partial charge in [-0.3, -0.25) is 0 Å². The number of benzene rings is 1. The maximum absolute atomic E-state index is 5.72. The van der Waals surface area contributed by atoms with E-state index in [4.69, 9.17) is 5.73 Å². The molecule has 1 aromatic rings. The Bertz CT molecular complexity index is 306. The highest BCUT2D eigenvalue weighted by Crippen LogP contribution is 2.21. The second-order valence-corrected chi connectivity index (χ2v) is 4.47. The molecular weight excluding hydrogens is 184 g/mol. The van der Waals surface area contributed by atoms with E-state index in [1.807, 2.05) is 6.92 Å². The van der Waals surface area contributed by atoms with Gasteiger partial charge in [-0.25, -0.2) is 0 Å². The lowest BCUT2D eigenvalue weighted by molar-refractivity contribution is 0.690. The minimum atomic E-state index is 0.267. The van der Waals surface area contributed by atoms with Crippen molar-refractivity contribution in [2.45, 2.75) is 40.2 Å². The molecule has 1 unspecified atom stereocenters. The van der Waals surface area contributed by atoms with Crippen molar-refractivity contribution in [3.63, 3.8) is 0 Å². The summed E-state index contributed by atoms with van der Waals surface area (Å²) in [6.45, 7) is 9.41. The molecule has 0 saturated heterocycles. The summed E-state index contributed by atoms with van der Waals surface area (Å²) in [5, 5.41) is 3.46. The van der Waals surface area contributed by atoms with E-state index >= 15 is 0 Å². The number of nitrogens with two attached hydrogens (primary N) is 1. The van der Waals surface area contributed by atoms with Gasteiger partial charge in [0.05, 0.1) is 0 Å². The average Bonchev–Trinajstić information content (AvgIpc) is 2.08. The Hall–Kier alpha value is -1.02. The van der Waals surface area contributed by atoms with Crippen molar-refractivity contribution < 1.29 is 0 Å². The molecular formula is C13H22N2. The zero-order valence-electron chi connectivity index (χ0n) is 10.2. The summed E-state index contributed by atoms with van der Waals surface area (Å²) in [5.41, 5.74) is 10.9. The van der Waals surface area contributed by atoms with Gasteiger partial charge >= 0.3 is 0 Å². The summed E-state index contributed by atoms with van der Waals surface area (Å²) in [5.74, 6) is 0. The molecule has 0 radical (unpaired) electrons. The summed E-state index contributed by atoms with van der Waals surface area (Å²) in [6, 6.07) is 4.69. The standard InChI is InChI=1S/C13H22N2/c1-9-7-10(2)13(11(3)8-9)15-6-5-12(4)14/h7-8,12,15H,5-6,14H2,1-4H3. The third-order valence-corrected chi connectivity index (χ3v) is 2.58. The third-order valence-electron chi connectivity index (χ3n) is 2.58. The predicted molar refractivity (Wildman–Crippen MR) is 67.4 cm³/mol. The van der Waals surface area contributed by atoms with Crippen LogP contribution in [-0.2, 0) is 0 Å². The van der Waals surface area contributed by atoms with E-state index in [0.717, 1.165) is 13.0 Å². The molecule has 0 fully saturated rings. The topological polar surface area (TPSA) is 38.0 Å². The minimum Gasteiger partial charge on any atom is -0.385 e. The monoisotopic (exact) mass is 206 g/mol. The van der Waals surface area contributed by atoms with Crippen molar-refractivity contribution in [2.24, 2.45) is 5.73 Å². The first kappa shape index (κ1) is 12.1. The van der Waals surface area contributed by atoms with Crippen LogP contribution in [0.2, 0.25) is 0 Å². The van der Waals surface area contributed by atoms with Gasteiger partial charge in [0, 0.05) is 18.3 Å². The molecule has 0 aromatic heterocycles. The van der Waals surface area contributed by atoms with Crippen molar-refractivity contribution in [3.8, 4) is 0 Å². The molecule has 0 amide bonds. The van der Waals surface area contributed by atoms with Crippen LogP contribution in [0.5, 0.6) is 0 Å². The van der Waals surface area contributed by atoms with E-state index in [2.05, 4.69) is 38.2 Å². The summed E-state index contributed by atoms with van der Waals surface area (Å²) < 4.78 is 0. The second-order valence-electron chi connectivity index (χ2n) is 4.47. The molecule has 2 nitrogen and oxygen atoms in total. The normalized spacial score (nSPS) is 12.6. The number of nitrogens with one attached hydrogen (secondary N) is 1. The average molecular weight is 206 g/mol. The van der Waals surface area contributed by atoms with Crippen molar-refractivity contribution in [1.29, 1.82) is 0 Å². The molecule has 0 heterocycles. The van der Waals surface area contributed by atoms with Gasteiger partial charge in [0.15, 0.2) is 0 Å². The fourth-order valence-electron chi connectivity index (χ4n) is 1.88. The summed E-state index contributed by atoms with van der Waals surface area (Å²) in [7, 11) is 0. The Balaban J connectivity index is 2.68. The van der Waals surface area contributed by atoms with Crippen molar-refractivity contribution in [2.75, 3.05) is 11.9 Å². The summed E-state index contributed by atoms with van der Waals surface area (Å²) in [4.78, 5) is 0. The largest absolute Gasteiger partial charge is 0.385 e. The Kier molecular flexibility index (Phi) is 4.15. The van der Waals surface area contributed by atoms with Crippen LogP contribution in [0.1, 0.15) is 30.0 Å². The summed E-state index contributed by atoms with van der Waals surface area (Å²) in [6.07, 6.45) is 1.01. The first-order valence-corrected chi connectivity index (χ1v) is 5.58. The van der Waals surface area contributed by atoms with E-state index in [0.29, 0.717) is 0 Å². The van der Waals surface area contributed by atoms with Crippen LogP contribution in [0.25, 0.3) is 0 Å². The van der Waals surface area contributed by atoms with Crippen LogP contribution < -0.4 is 11.1 Å². The number of rotatable bonds is 4. The van der Waals surface area contributed by atoms with Crippen molar-refractivity contribution in [1.82, 2.24) is 0 Å². The van der Waals surface area contributed by atoms with Crippen LogP contribution in [0.15, 0.2) is 12.1 Å². The highest BCUT2D eigenvalue weighted by atomic mass is 14.9. The predicted octanol–water partition coefficient (Wildman–Crippen LogP) is 2.76. The van der Waals surface area contributed by atoms with Gasteiger partial charge in [-0.15, -0.1) is 0 Å². The van der Waals surface area contributed by atoms with Crippen molar-refractivity contribution >= 4 is 5.69 Å². The van der Waals surface area contributed by atoms with Crippen LogP contribution >= 0.6 is 0 Å².